The number of ether oxygens (including phenoxy) is 1. The molecule has 108 valence electrons. The molecular formula is C15H20N2O3. The van der Waals surface area contributed by atoms with Crippen LogP contribution in [-0.4, -0.2) is 49.6 Å². The van der Waals surface area contributed by atoms with Crippen LogP contribution in [0, 0.1) is 6.92 Å². The molecule has 0 saturated carbocycles. The summed E-state index contributed by atoms with van der Waals surface area (Å²) in [5.74, 6) is -0.0590. The number of morpholine rings is 1. The topological polar surface area (TPSA) is 58.6 Å². The van der Waals surface area contributed by atoms with Crippen LogP contribution in [0.15, 0.2) is 24.3 Å². The van der Waals surface area contributed by atoms with Crippen molar-refractivity contribution in [3.63, 3.8) is 0 Å². The number of carbonyl (C=O) groups excluding carboxylic acids is 2. The molecule has 0 bridgehead atoms. The summed E-state index contributed by atoms with van der Waals surface area (Å²) in [6, 6.07) is 7.41. The third-order valence-electron chi connectivity index (χ3n) is 3.38. The van der Waals surface area contributed by atoms with Crippen molar-refractivity contribution in [1.29, 1.82) is 0 Å². The van der Waals surface area contributed by atoms with Crippen LogP contribution < -0.4 is 5.32 Å². The summed E-state index contributed by atoms with van der Waals surface area (Å²) in [5, 5.41) is 2.79. The van der Waals surface area contributed by atoms with Crippen molar-refractivity contribution < 1.29 is 14.3 Å². The first-order valence-electron chi connectivity index (χ1n) is 6.88. The van der Waals surface area contributed by atoms with E-state index < -0.39 is 0 Å². The summed E-state index contributed by atoms with van der Waals surface area (Å²) in [6.45, 7) is 4.74. The SMILES string of the molecule is Cc1ccccc1C(=O)NCCC(=O)N1CCOCC1. The van der Waals surface area contributed by atoms with Gasteiger partial charge in [0.1, 0.15) is 0 Å². The van der Waals surface area contributed by atoms with Crippen molar-refractivity contribution in [2.75, 3.05) is 32.8 Å². The minimum absolute atomic E-state index is 0.0679. The highest BCUT2D eigenvalue weighted by Crippen LogP contribution is 2.06. The molecule has 1 aliphatic heterocycles. The van der Waals surface area contributed by atoms with Crippen LogP contribution in [0.4, 0.5) is 0 Å². The maximum Gasteiger partial charge on any atom is 0.251 e. The lowest BCUT2D eigenvalue weighted by Crippen LogP contribution is -2.42. The highest BCUT2D eigenvalue weighted by Gasteiger charge is 2.16. The van der Waals surface area contributed by atoms with Crippen molar-refractivity contribution in [1.82, 2.24) is 10.2 Å². The van der Waals surface area contributed by atoms with E-state index in [-0.39, 0.29) is 11.8 Å². The van der Waals surface area contributed by atoms with E-state index in [4.69, 9.17) is 4.74 Å². The van der Waals surface area contributed by atoms with Crippen LogP contribution in [0.3, 0.4) is 0 Å². The molecule has 1 saturated heterocycles. The molecule has 0 aromatic heterocycles. The van der Waals surface area contributed by atoms with Crippen LogP contribution in [0.25, 0.3) is 0 Å². The summed E-state index contributed by atoms with van der Waals surface area (Å²) in [6.07, 6.45) is 0.331. The number of nitrogens with one attached hydrogen (secondary N) is 1. The Balaban J connectivity index is 1.76. The second kappa shape index (κ2) is 7.05. The predicted molar refractivity (Wildman–Crippen MR) is 75.5 cm³/mol. The summed E-state index contributed by atoms with van der Waals surface area (Å²) in [5.41, 5.74) is 1.59. The molecule has 2 amide bonds. The average molecular weight is 276 g/mol. The fourth-order valence-corrected chi connectivity index (χ4v) is 2.18. The van der Waals surface area contributed by atoms with Gasteiger partial charge >= 0.3 is 0 Å². The van der Waals surface area contributed by atoms with Gasteiger partial charge in [-0.25, -0.2) is 0 Å². The molecule has 0 aliphatic carbocycles. The van der Waals surface area contributed by atoms with Crippen LogP contribution in [0.1, 0.15) is 22.3 Å². The number of hydrogen-bond donors (Lipinski definition) is 1. The maximum absolute atomic E-state index is 12.0. The highest BCUT2D eigenvalue weighted by atomic mass is 16.5. The lowest BCUT2D eigenvalue weighted by Gasteiger charge is -2.26. The zero-order chi connectivity index (χ0) is 14.4. The van der Waals surface area contributed by atoms with E-state index in [1.165, 1.54) is 0 Å². The molecule has 0 unspecified atom stereocenters. The minimum atomic E-state index is -0.127. The first kappa shape index (κ1) is 14.5. The fourth-order valence-electron chi connectivity index (χ4n) is 2.18. The Kier molecular flexibility index (Phi) is 5.12. The molecule has 0 radical (unpaired) electrons. The van der Waals surface area contributed by atoms with Gasteiger partial charge in [0.15, 0.2) is 0 Å². The van der Waals surface area contributed by atoms with Gasteiger partial charge < -0.3 is 15.0 Å². The number of aryl methyl sites for hydroxylation is 1. The van der Waals surface area contributed by atoms with Crippen molar-refractivity contribution >= 4 is 11.8 Å². The van der Waals surface area contributed by atoms with E-state index in [1.807, 2.05) is 25.1 Å². The Hall–Kier alpha value is -1.88. The zero-order valence-corrected chi connectivity index (χ0v) is 11.7. The molecule has 1 fully saturated rings. The third kappa shape index (κ3) is 3.81. The van der Waals surface area contributed by atoms with Crippen molar-refractivity contribution in [3.8, 4) is 0 Å². The maximum atomic E-state index is 12.0. The molecule has 1 aliphatic rings. The van der Waals surface area contributed by atoms with Crippen molar-refractivity contribution in [3.05, 3.63) is 35.4 Å². The Bertz CT molecular complexity index is 482. The number of rotatable bonds is 4. The summed E-state index contributed by atoms with van der Waals surface area (Å²) >= 11 is 0. The van der Waals surface area contributed by atoms with Gasteiger partial charge in [-0.3, -0.25) is 9.59 Å². The molecule has 5 heteroatoms. The standard InChI is InChI=1S/C15H20N2O3/c1-12-4-2-3-5-13(12)15(19)16-7-6-14(18)17-8-10-20-11-9-17/h2-5H,6-11H2,1H3,(H,16,19). The van der Waals surface area contributed by atoms with Gasteiger partial charge in [-0.2, -0.15) is 0 Å². The van der Waals surface area contributed by atoms with Crippen molar-refractivity contribution in [2.24, 2.45) is 0 Å². The van der Waals surface area contributed by atoms with Crippen LogP contribution in [0.5, 0.6) is 0 Å². The lowest BCUT2D eigenvalue weighted by atomic mass is 10.1. The average Bonchev–Trinajstić information content (AvgIpc) is 2.48. The van der Waals surface area contributed by atoms with Gasteiger partial charge in [0.05, 0.1) is 13.2 Å². The number of amides is 2. The summed E-state index contributed by atoms with van der Waals surface area (Å²) in [4.78, 5) is 25.7. The molecule has 20 heavy (non-hydrogen) atoms. The number of hydrogen-bond acceptors (Lipinski definition) is 3. The molecule has 1 aromatic rings. The first-order valence-corrected chi connectivity index (χ1v) is 6.88. The Labute approximate surface area is 118 Å². The quantitative estimate of drug-likeness (QED) is 0.891. The molecule has 0 spiro atoms. The second-order valence-electron chi connectivity index (χ2n) is 4.81. The predicted octanol–water partition coefficient (Wildman–Crippen LogP) is 0.974. The normalized spacial score (nSPS) is 14.9. The second-order valence-corrected chi connectivity index (χ2v) is 4.81. The van der Waals surface area contributed by atoms with Gasteiger partial charge in [0.2, 0.25) is 5.91 Å². The molecule has 5 nitrogen and oxygen atoms in total. The van der Waals surface area contributed by atoms with Gasteiger partial charge in [-0.1, -0.05) is 18.2 Å². The minimum Gasteiger partial charge on any atom is -0.378 e. The largest absolute Gasteiger partial charge is 0.378 e. The Morgan fingerprint density at radius 1 is 1.25 bits per heavy atom. The monoisotopic (exact) mass is 276 g/mol. The molecule has 1 heterocycles. The van der Waals surface area contributed by atoms with Crippen LogP contribution >= 0.6 is 0 Å². The fraction of sp³-hybridized carbons (Fsp3) is 0.467. The van der Waals surface area contributed by atoms with Gasteiger partial charge in [-0.05, 0) is 18.6 Å². The zero-order valence-electron chi connectivity index (χ0n) is 11.7. The number of carbonyl (C=O) groups is 2. The molecule has 0 atom stereocenters. The smallest absolute Gasteiger partial charge is 0.251 e. The van der Waals surface area contributed by atoms with Crippen LogP contribution in [0.2, 0.25) is 0 Å². The van der Waals surface area contributed by atoms with E-state index in [1.54, 1.807) is 11.0 Å². The van der Waals surface area contributed by atoms with Crippen molar-refractivity contribution in [2.45, 2.75) is 13.3 Å². The number of benzene rings is 1. The highest BCUT2D eigenvalue weighted by molar-refractivity contribution is 5.95. The first-order chi connectivity index (χ1) is 9.68. The number of nitrogens with zero attached hydrogens (tertiary/aromatic N) is 1. The van der Waals surface area contributed by atoms with E-state index in [9.17, 15) is 9.59 Å². The molecule has 1 N–H and O–H groups in total. The van der Waals surface area contributed by atoms with Crippen LogP contribution in [-0.2, 0) is 9.53 Å². The van der Waals surface area contributed by atoms with Gasteiger partial charge in [0.25, 0.3) is 5.91 Å². The lowest BCUT2D eigenvalue weighted by molar-refractivity contribution is -0.135. The van der Waals surface area contributed by atoms with E-state index >= 15 is 0 Å². The van der Waals surface area contributed by atoms with E-state index in [2.05, 4.69) is 5.32 Å². The van der Waals surface area contributed by atoms with Gasteiger partial charge in [-0.15, -0.1) is 0 Å². The summed E-state index contributed by atoms with van der Waals surface area (Å²) in [7, 11) is 0. The molecular weight excluding hydrogens is 256 g/mol. The van der Waals surface area contributed by atoms with Gasteiger partial charge in [0, 0.05) is 31.6 Å². The van der Waals surface area contributed by atoms with E-state index in [0.29, 0.717) is 44.8 Å². The summed E-state index contributed by atoms with van der Waals surface area (Å²) < 4.78 is 5.20. The third-order valence-corrected chi connectivity index (χ3v) is 3.38. The Morgan fingerprint density at radius 2 is 1.95 bits per heavy atom. The Morgan fingerprint density at radius 3 is 2.65 bits per heavy atom. The molecule has 1 aromatic carbocycles. The molecule has 2 rings (SSSR count). The van der Waals surface area contributed by atoms with E-state index in [0.717, 1.165) is 5.56 Å².